The first-order valence-electron chi connectivity index (χ1n) is 11.1. The van der Waals surface area contributed by atoms with E-state index in [9.17, 15) is 4.79 Å². The topological polar surface area (TPSA) is 82.0 Å². The molecule has 0 bridgehead atoms. The van der Waals surface area contributed by atoms with Crippen molar-refractivity contribution in [3.05, 3.63) is 88.0 Å². The molecule has 0 saturated carbocycles. The molecule has 164 valence electrons. The van der Waals surface area contributed by atoms with Gasteiger partial charge in [-0.1, -0.05) is 60.7 Å². The first kappa shape index (κ1) is 20.5. The smallest absolute Gasteiger partial charge is 0.279 e. The minimum absolute atomic E-state index is 0.0590. The van der Waals surface area contributed by atoms with Gasteiger partial charge in [-0.25, -0.2) is 4.98 Å². The Morgan fingerprint density at radius 2 is 1.66 bits per heavy atom. The third-order valence-corrected chi connectivity index (χ3v) is 6.23. The second-order valence-corrected chi connectivity index (χ2v) is 8.53. The molecule has 1 saturated heterocycles. The molecule has 2 aromatic carbocycles. The summed E-state index contributed by atoms with van der Waals surface area (Å²) < 4.78 is 3.69. The first-order valence-corrected chi connectivity index (χ1v) is 11.1. The van der Waals surface area contributed by atoms with E-state index in [0.29, 0.717) is 24.1 Å². The highest BCUT2D eigenvalue weighted by atomic mass is 16.1. The molecule has 0 radical (unpaired) electrons. The van der Waals surface area contributed by atoms with Gasteiger partial charge in [0.1, 0.15) is 5.82 Å². The van der Waals surface area contributed by atoms with E-state index in [1.54, 1.807) is 11.6 Å². The summed E-state index contributed by atoms with van der Waals surface area (Å²) in [4.78, 5) is 25.4. The van der Waals surface area contributed by atoms with Crippen molar-refractivity contribution >= 4 is 17.1 Å². The predicted molar refractivity (Wildman–Crippen MR) is 127 cm³/mol. The quantitative estimate of drug-likeness (QED) is 0.510. The van der Waals surface area contributed by atoms with E-state index in [-0.39, 0.29) is 11.6 Å². The zero-order valence-electron chi connectivity index (χ0n) is 18.3. The van der Waals surface area contributed by atoms with Crippen LogP contribution in [0.2, 0.25) is 0 Å². The Kier molecular flexibility index (Phi) is 5.49. The van der Waals surface area contributed by atoms with E-state index >= 15 is 0 Å². The van der Waals surface area contributed by atoms with Gasteiger partial charge >= 0.3 is 0 Å². The maximum absolute atomic E-state index is 13.5. The molecule has 2 aromatic heterocycles. The summed E-state index contributed by atoms with van der Waals surface area (Å²) in [5.74, 6) is 1.53. The molecule has 0 spiro atoms. The van der Waals surface area contributed by atoms with Crippen molar-refractivity contribution < 1.29 is 0 Å². The zero-order chi connectivity index (χ0) is 22.1. The van der Waals surface area contributed by atoms with Crippen LogP contribution in [0.1, 0.15) is 23.4 Å². The van der Waals surface area contributed by atoms with Gasteiger partial charge in [0.05, 0.1) is 6.54 Å². The number of aryl methyl sites for hydroxylation is 2. The Balaban J connectivity index is 1.58. The lowest BCUT2D eigenvalue weighted by Crippen LogP contribution is -2.29. The second-order valence-electron chi connectivity index (χ2n) is 8.53. The van der Waals surface area contributed by atoms with E-state index in [1.165, 1.54) is 5.56 Å². The Labute approximate surface area is 187 Å². The van der Waals surface area contributed by atoms with Crippen LogP contribution in [0, 0.1) is 0 Å². The SMILES string of the molecule is Cn1c(CCc2ccccc2)nc2nc(N3CCC(N)C3)n(Cc3ccccc3)c2c1=O. The summed E-state index contributed by atoms with van der Waals surface area (Å²) in [7, 11) is 1.81. The van der Waals surface area contributed by atoms with Crippen molar-refractivity contribution in [2.45, 2.75) is 31.8 Å². The van der Waals surface area contributed by atoms with Crippen LogP contribution in [0.15, 0.2) is 65.5 Å². The van der Waals surface area contributed by atoms with E-state index in [0.717, 1.165) is 43.3 Å². The van der Waals surface area contributed by atoms with Gasteiger partial charge in [-0.15, -0.1) is 0 Å². The molecule has 1 aliphatic heterocycles. The van der Waals surface area contributed by atoms with E-state index in [1.807, 2.05) is 41.0 Å². The summed E-state index contributed by atoms with van der Waals surface area (Å²) in [6.07, 6.45) is 2.43. The van der Waals surface area contributed by atoms with Crippen molar-refractivity contribution in [2.75, 3.05) is 18.0 Å². The minimum atomic E-state index is -0.0590. The molecule has 1 fully saturated rings. The third kappa shape index (κ3) is 3.91. The number of imidazole rings is 1. The Bertz CT molecular complexity index is 1280. The molecule has 1 aliphatic rings. The Morgan fingerprint density at radius 1 is 0.969 bits per heavy atom. The van der Waals surface area contributed by atoms with Crippen LogP contribution < -0.4 is 16.2 Å². The van der Waals surface area contributed by atoms with Gasteiger partial charge in [-0.2, -0.15) is 4.98 Å². The van der Waals surface area contributed by atoms with Gasteiger partial charge in [0.15, 0.2) is 11.2 Å². The standard InChI is InChI=1S/C25H28N6O/c1-29-21(13-12-18-8-4-2-5-9-18)27-23-22(24(29)32)31(16-19-10-6-3-7-11-19)25(28-23)30-15-14-20(26)17-30/h2-11,20H,12-17,26H2,1H3. The number of benzene rings is 2. The van der Waals surface area contributed by atoms with Crippen molar-refractivity contribution in [1.82, 2.24) is 19.1 Å². The molecule has 7 nitrogen and oxygen atoms in total. The zero-order valence-corrected chi connectivity index (χ0v) is 18.3. The van der Waals surface area contributed by atoms with Crippen LogP contribution in [-0.2, 0) is 26.4 Å². The Morgan fingerprint density at radius 3 is 2.31 bits per heavy atom. The van der Waals surface area contributed by atoms with Crippen molar-refractivity contribution in [3.63, 3.8) is 0 Å². The first-order chi connectivity index (χ1) is 15.6. The molecule has 0 amide bonds. The lowest BCUT2D eigenvalue weighted by molar-refractivity contribution is 0.714. The number of anilines is 1. The predicted octanol–water partition coefficient (Wildman–Crippen LogP) is 2.50. The second kappa shape index (κ2) is 8.59. The highest BCUT2D eigenvalue weighted by molar-refractivity contribution is 5.74. The summed E-state index contributed by atoms with van der Waals surface area (Å²) in [5, 5.41) is 0. The van der Waals surface area contributed by atoms with Gasteiger partial charge in [-0.3, -0.25) is 13.9 Å². The lowest BCUT2D eigenvalue weighted by atomic mass is 10.1. The van der Waals surface area contributed by atoms with Crippen LogP contribution in [0.3, 0.4) is 0 Å². The molecule has 4 aromatic rings. The van der Waals surface area contributed by atoms with Gasteiger partial charge in [0.2, 0.25) is 5.95 Å². The molecule has 0 aliphatic carbocycles. The van der Waals surface area contributed by atoms with Crippen molar-refractivity contribution in [1.29, 1.82) is 0 Å². The molecular formula is C25H28N6O. The highest BCUT2D eigenvalue weighted by Crippen LogP contribution is 2.24. The molecule has 3 heterocycles. The average Bonchev–Trinajstić information content (AvgIpc) is 3.40. The number of hydrogen-bond donors (Lipinski definition) is 1. The maximum atomic E-state index is 13.5. The fourth-order valence-electron chi connectivity index (χ4n) is 4.44. The van der Waals surface area contributed by atoms with Crippen LogP contribution in [0.5, 0.6) is 0 Å². The third-order valence-electron chi connectivity index (χ3n) is 6.23. The molecule has 1 atom stereocenters. The highest BCUT2D eigenvalue weighted by Gasteiger charge is 2.27. The largest absolute Gasteiger partial charge is 0.341 e. The van der Waals surface area contributed by atoms with Gasteiger partial charge in [-0.05, 0) is 24.0 Å². The number of hydrogen-bond acceptors (Lipinski definition) is 5. The summed E-state index contributed by atoms with van der Waals surface area (Å²) in [6.45, 7) is 2.14. The van der Waals surface area contributed by atoms with Gasteiger partial charge < -0.3 is 10.6 Å². The van der Waals surface area contributed by atoms with Crippen LogP contribution in [0.4, 0.5) is 5.95 Å². The van der Waals surface area contributed by atoms with Crippen molar-refractivity contribution in [3.8, 4) is 0 Å². The summed E-state index contributed by atoms with van der Waals surface area (Å²) in [6, 6.07) is 20.5. The van der Waals surface area contributed by atoms with Gasteiger partial charge in [0, 0.05) is 32.6 Å². The molecule has 7 heteroatoms. The van der Waals surface area contributed by atoms with Crippen molar-refractivity contribution in [2.24, 2.45) is 12.8 Å². The maximum Gasteiger partial charge on any atom is 0.279 e. The van der Waals surface area contributed by atoms with E-state index in [4.69, 9.17) is 15.7 Å². The number of nitrogens with zero attached hydrogens (tertiary/aromatic N) is 5. The van der Waals surface area contributed by atoms with Crippen LogP contribution in [0.25, 0.3) is 11.2 Å². The number of nitrogens with two attached hydrogens (primary N) is 1. The molecule has 2 N–H and O–H groups in total. The number of rotatable bonds is 6. The van der Waals surface area contributed by atoms with E-state index in [2.05, 4.69) is 29.2 Å². The van der Waals surface area contributed by atoms with Crippen LogP contribution >= 0.6 is 0 Å². The lowest BCUT2D eigenvalue weighted by Gasteiger charge is -2.19. The van der Waals surface area contributed by atoms with E-state index < -0.39 is 0 Å². The monoisotopic (exact) mass is 428 g/mol. The van der Waals surface area contributed by atoms with Crippen LogP contribution in [-0.4, -0.2) is 38.2 Å². The fourth-order valence-corrected chi connectivity index (χ4v) is 4.44. The number of fused-ring (bicyclic) bond motifs is 1. The molecular weight excluding hydrogens is 400 g/mol. The minimum Gasteiger partial charge on any atom is -0.341 e. The fraction of sp³-hybridized carbons (Fsp3) is 0.320. The normalized spacial score (nSPS) is 16.2. The Hall–Kier alpha value is -3.45. The van der Waals surface area contributed by atoms with Gasteiger partial charge in [0.25, 0.3) is 5.56 Å². The molecule has 32 heavy (non-hydrogen) atoms. The average molecular weight is 429 g/mol. The molecule has 5 rings (SSSR count). The summed E-state index contributed by atoms with van der Waals surface area (Å²) in [5.41, 5.74) is 9.52. The number of aromatic nitrogens is 4. The summed E-state index contributed by atoms with van der Waals surface area (Å²) >= 11 is 0. The molecule has 1 unspecified atom stereocenters.